The summed E-state index contributed by atoms with van der Waals surface area (Å²) in [6.07, 6.45) is 2.14. The Hall–Kier alpha value is -0.930. The lowest BCUT2D eigenvalue weighted by atomic mass is 10.1. The fraction of sp³-hybridized carbons (Fsp3) is 0.538. The van der Waals surface area contributed by atoms with E-state index in [0.29, 0.717) is 5.02 Å². The van der Waals surface area contributed by atoms with Gasteiger partial charge in [0.2, 0.25) is 0 Å². The highest BCUT2D eigenvalue weighted by Gasteiger charge is 2.26. The number of hydrogen-bond acceptors (Lipinski definition) is 3. The van der Waals surface area contributed by atoms with Gasteiger partial charge in [0.15, 0.2) is 0 Å². The monoisotopic (exact) mass is 255 g/mol. The molecule has 1 aromatic carbocycles. The van der Waals surface area contributed by atoms with Crippen LogP contribution in [-0.2, 0) is 0 Å². The molecule has 0 spiro atoms. The van der Waals surface area contributed by atoms with Crippen LogP contribution in [0.15, 0.2) is 12.1 Å². The molecule has 0 bridgehead atoms. The van der Waals surface area contributed by atoms with Gasteiger partial charge in [0.25, 0.3) is 0 Å². The number of ether oxygens (including phenoxy) is 1. The van der Waals surface area contributed by atoms with Gasteiger partial charge in [-0.05, 0) is 31.4 Å². The average Bonchev–Trinajstić information content (AvgIpc) is 2.80. The van der Waals surface area contributed by atoms with Gasteiger partial charge in [-0.2, -0.15) is 0 Å². The van der Waals surface area contributed by atoms with Gasteiger partial charge in [-0.3, -0.25) is 0 Å². The van der Waals surface area contributed by atoms with Gasteiger partial charge < -0.3 is 14.7 Å². The Morgan fingerprint density at radius 2 is 2.29 bits per heavy atom. The SMILES string of the molecule is COc1cc(Cl)c(C)cc1N1CCCC1CO. The number of aryl methyl sites for hydroxylation is 1. The van der Waals surface area contributed by atoms with Crippen LogP contribution in [0.5, 0.6) is 5.75 Å². The van der Waals surface area contributed by atoms with E-state index >= 15 is 0 Å². The standard InChI is InChI=1S/C13H18ClNO2/c1-9-6-12(13(17-2)7-11(9)14)15-5-3-4-10(15)8-16/h6-7,10,16H,3-5,8H2,1-2H3. The minimum atomic E-state index is 0.185. The highest BCUT2D eigenvalue weighted by molar-refractivity contribution is 6.31. The maximum absolute atomic E-state index is 9.38. The molecule has 0 amide bonds. The third kappa shape index (κ3) is 2.35. The lowest BCUT2D eigenvalue weighted by molar-refractivity contribution is 0.266. The first kappa shape index (κ1) is 12.5. The van der Waals surface area contributed by atoms with Crippen molar-refractivity contribution in [2.75, 3.05) is 25.2 Å². The fourth-order valence-electron chi connectivity index (χ4n) is 2.38. The van der Waals surface area contributed by atoms with E-state index in [1.54, 1.807) is 7.11 Å². The number of anilines is 1. The van der Waals surface area contributed by atoms with Crippen LogP contribution >= 0.6 is 11.6 Å². The molecular formula is C13H18ClNO2. The van der Waals surface area contributed by atoms with E-state index in [0.717, 1.165) is 36.4 Å². The van der Waals surface area contributed by atoms with E-state index in [9.17, 15) is 5.11 Å². The number of halogens is 1. The molecule has 0 aromatic heterocycles. The molecule has 1 aromatic rings. The Balaban J connectivity index is 2.39. The van der Waals surface area contributed by atoms with Crippen molar-refractivity contribution in [1.29, 1.82) is 0 Å². The molecule has 1 aliphatic rings. The summed E-state index contributed by atoms with van der Waals surface area (Å²) in [6.45, 7) is 3.13. The minimum absolute atomic E-state index is 0.185. The Morgan fingerprint density at radius 3 is 2.94 bits per heavy atom. The highest BCUT2D eigenvalue weighted by atomic mass is 35.5. The van der Waals surface area contributed by atoms with E-state index in [2.05, 4.69) is 4.90 Å². The summed E-state index contributed by atoms with van der Waals surface area (Å²) in [4.78, 5) is 2.21. The third-order valence-corrected chi connectivity index (χ3v) is 3.76. The van der Waals surface area contributed by atoms with Gasteiger partial charge in [0.05, 0.1) is 25.4 Å². The van der Waals surface area contributed by atoms with Crippen molar-refractivity contribution in [3.63, 3.8) is 0 Å². The summed E-state index contributed by atoms with van der Waals surface area (Å²) in [5.74, 6) is 0.779. The van der Waals surface area contributed by atoms with Crippen LogP contribution in [0.1, 0.15) is 18.4 Å². The number of hydrogen-bond donors (Lipinski definition) is 1. The minimum Gasteiger partial charge on any atom is -0.495 e. The Labute approximate surface area is 107 Å². The van der Waals surface area contributed by atoms with E-state index < -0.39 is 0 Å². The highest BCUT2D eigenvalue weighted by Crippen LogP contribution is 2.37. The number of rotatable bonds is 3. The van der Waals surface area contributed by atoms with Crippen molar-refractivity contribution >= 4 is 17.3 Å². The van der Waals surface area contributed by atoms with Crippen LogP contribution in [0, 0.1) is 6.92 Å². The van der Waals surface area contributed by atoms with Crippen LogP contribution in [-0.4, -0.2) is 31.4 Å². The second kappa shape index (κ2) is 5.15. The molecule has 0 radical (unpaired) electrons. The smallest absolute Gasteiger partial charge is 0.143 e. The van der Waals surface area contributed by atoms with Crippen molar-refractivity contribution in [2.24, 2.45) is 0 Å². The first-order chi connectivity index (χ1) is 8.17. The van der Waals surface area contributed by atoms with E-state index in [1.165, 1.54) is 0 Å². The maximum atomic E-state index is 9.38. The predicted octanol–water partition coefficient (Wildman–Crippen LogP) is 2.62. The zero-order chi connectivity index (χ0) is 12.4. The van der Waals surface area contributed by atoms with Crippen LogP contribution in [0.25, 0.3) is 0 Å². The molecule has 0 aliphatic carbocycles. The lowest BCUT2D eigenvalue weighted by Crippen LogP contribution is -2.32. The zero-order valence-electron chi connectivity index (χ0n) is 10.2. The summed E-state index contributed by atoms with van der Waals surface area (Å²) in [7, 11) is 1.65. The van der Waals surface area contributed by atoms with Gasteiger partial charge in [-0.15, -0.1) is 0 Å². The van der Waals surface area contributed by atoms with Gasteiger partial charge in [0.1, 0.15) is 5.75 Å². The predicted molar refractivity (Wildman–Crippen MR) is 70.2 cm³/mol. The third-order valence-electron chi connectivity index (χ3n) is 3.36. The Bertz CT molecular complexity index is 409. The van der Waals surface area contributed by atoms with E-state index in [1.807, 2.05) is 19.1 Å². The van der Waals surface area contributed by atoms with Crippen molar-refractivity contribution in [1.82, 2.24) is 0 Å². The average molecular weight is 256 g/mol. The quantitative estimate of drug-likeness (QED) is 0.901. The topological polar surface area (TPSA) is 32.7 Å². The van der Waals surface area contributed by atoms with Crippen LogP contribution in [0.4, 0.5) is 5.69 Å². The molecule has 4 heteroatoms. The summed E-state index contributed by atoms with van der Waals surface area (Å²) < 4.78 is 5.38. The molecule has 1 fully saturated rings. The molecule has 1 unspecified atom stereocenters. The zero-order valence-corrected chi connectivity index (χ0v) is 11.0. The molecule has 1 heterocycles. The first-order valence-corrected chi connectivity index (χ1v) is 6.26. The molecule has 1 N–H and O–H groups in total. The molecule has 2 rings (SSSR count). The summed E-state index contributed by atoms with van der Waals surface area (Å²) in [5.41, 5.74) is 2.07. The molecule has 1 atom stereocenters. The molecule has 0 saturated carbocycles. The lowest BCUT2D eigenvalue weighted by Gasteiger charge is -2.27. The number of nitrogens with zero attached hydrogens (tertiary/aromatic N) is 1. The number of methoxy groups -OCH3 is 1. The van der Waals surface area contributed by atoms with Gasteiger partial charge >= 0.3 is 0 Å². The van der Waals surface area contributed by atoms with Crippen molar-refractivity contribution in [2.45, 2.75) is 25.8 Å². The number of aliphatic hydroxyl groups is 1. The number of aliphatic hydroxyl groups excluding tert-OH is 1. The Kier molecular flexibility index (Phi) is 3.79. The molecule has 17 heavy (non-hydrogen) atoms. The second-order valence-corrected chi connectivity index (χ2v) is 4.85. The van der Waals surface area contributed by atoms with Crippen LogP contribution < -0.4 is 9.64 Å². The molecule has 94 valence electrons. The molecule has 3 nitrogen and oxygen atoms in total. The van der Waals surface area contributed by atoms with Crippen molar-refractivity contribution in [3.8, 4) is 5.75 Å². The van der Waals surface area contributed by atoms with Crippen molar-refractivity contribution < 1.29 is 9.84 Å². The summed E-state index contributed by atoms with van der Waals surface area (Å²) in [5, 5.41) is 10.1. The maximum Gasteiger partial charge on any atom is 0.143 e. The Morgan fingerprint density at radius 1 is 1.53 bits per heavy atom. The van der Waals surface area contributed by atoms with Gasteiger partial charge in [-0.1, -0.05) is 11.6 Å². The van der Waals surface area contributed by atoms with Gasteiger partial charge in [-0.25, -0.2) is 0 Å². The summed E-state index contributed by atoms with van der Waals surface area (Å²) in [6, 6.07) is 4.08. The van der Waals surface area contributed by atoms with E-state index in [-0.39, 0.29) is 12.6 Å². The molecule has 1 saturated heterocycles. The van der Waals surface area contributed by atoms with Gasteiger partial charge in [0, 0.05) is 17.6 Å². The van der Waals surface area contributed by atoms with E-state index in [4.69, 9.17) is 16.3 Å². The van der Waals surface area contributed by atoms with Crippen molar-refractivity contribution in [3.05, 3.63) is 22.7 Å². The second-order valence-electron chi connectivity index (χ2n) is 4.45. The van der Waals surface area contributed by atoms with Crippen LogP contribution in [0.2, 0.25) is 5.02 Å². The summed E-state index contributed by atoms with van der Waals surface area (Å²) >= 11 is 6.09. The first-order valence-electron chi connectivity index (χ1n) is 5.89. The molecular weight excluding hydrogens is 238 g/mol. The largest absolute Gasteiger partial charge is 0.495 e. The molecule has 1 aliphatic heterocycles. The fourth-order valence-corrected chi connectivity index (χ4v) is 2.53. The number of benzene rings is 1. The normalized spacial score (nSPS) is 19.8. The van der Waals surface area contributed by atoms with Crippen LogP contribution in [0.3, 0.4) is 0 Å².